The van der Waals surface area contributed by atoms with Crippen molar-refractivity contribution in [1.82, 2.24) is 0 Å². The summed E-state index contributed by atoms with van der Waals surface area (Å²) in [4.78, 5) is 37.0. The summed E-state index contributed by atoms with van der Waals surface area (Å²) in [5.41, 5.74) is -0.709. The Morgan fingerprint density at radius 3 is 2.09 bits per heavy atom. The second-order valence-electron chi connectivity index (χ2n) is 11.2. The average molecular weight is 465 g/mol. The number of hydrogen-bond donors (Lipinski definition) is 3. The van der Waals surface area contributed by atoms with E-state index in [-0.39, 0.29) is 88.2 Å². The van der Waals surface area contributed by atoms with Crippen molar-refractivity contribution in [2.24, 2.45) is 51.8 Å². The van der Waals surface area contributed by atoms with Crippen LogP contribution in [0.15, 0.2) is 11.6 Å². The van der Waals surface area contributed by atoms with Crippen LogP contribution >= 0.6 is 0 Å². The Morgan fingerprint density at radius 1 is 0.969 bits per heavy atom. The van der Waals surface area contributed by atoms with Gasteiger partial charge in [-0.3, -0.25) is 14.4 Å². The Labute approximate surface area is 234 Å². The van der Waals surface area contributed by atoms with E-state index in [9.17, 15) is 29.7 Å². The molecule has 1 spiro atoms. The molecule has 2 bridgehead atoms. The van der Waals surface area contributed by atoms with Crippen molar-refractivity contribution in [2.75, 3.05) is 0 Å². The number of rotatable bonds is 4. The van der Waals surface area contributed by atoms with Crippen LogP contribution < -0.4 is 59.1 Å². The zero-order valence-corrected chi connectivity index (χ0v) is 24.4. The molecule has 0 amide bonds. The fourth-order valence-corrected chi connectivity index (χ4v) is 8.56. The van der Waals surface area contributed by atoms with Gasteiger partial charge in [0.2, 0.25) is 0 Å². The standard InChI is InChI=1S/C24H34O6.2Na/c1-12(2)14-11-24-9-6-15-22(3,7-5-8-23(15,4)21(29)30)16(24)10-13(14)17(19(25)26)18(24)20(27)28;;/h11-13,15-18H,5-10H2,1-4H3,(H,25,26)(H,27,28)(H,29,30);;/q;2*+1/t13-,15+,16+,17+,18-,22-,23+,24-;;/m0../s1. The average Bonchev–Trinajstić information content (AvgIpc) is 2.65. The van der Waals surface area contributed by atoms with E-state index in [1.165, 1.54) is 0 Å². The third-order valence-corrected chi connectivity index (χ3v) is 9.72. The Kier molecular flexibility index (Phi) is 8.26. The van der Waals surface area contributed by atoms with Crippen LogP contribution in [-0.2, 0) is 14.4 Å². The molecule has 0 unspecified atom stereocenters. The fraction of sp³-hybridized carbons (Fsp3) is 0.792. The molecule has 3 fully saturated rings. The summed E-state index contributed by atoms with van der Waals surface area (Å²) in [6, 6.07) is 0. The van der Waals surface area contributed by atoms with Gasteiger partial charge in [-0.25, -0.2) is 0 Å². The van der Waals surface area contributed by atoms with E-state index >= 15 is 0 Å². The van der Waals surface area contributed by atoms with Crippen molar-refractivity contribution in [1.29, 1.82) is 0 Å². The van der Waals surface area contributed by atoms with Gasteiger partial charge in [-0.15, -0.1) is 0 Å². The van der Waals surface area contributed by atoms with E-state index in [2.05, 4.69) is 26.8 Å². The zero-order valence-electron chi connectivity index (χ0n) is 20.4. The Morgan fingerprint density at radius 2 is 1.59 bits per heavy atom. The second-order valence-corrected chi connectivity index (χ2v) is 11.2. The molecule has 166 valence electrons. The van der Waals surface area contributed by atoms with Crippen LogP contribution in [0.2, 0.25) is 0 Å². The number of carboxylic acids is 3. The van der Waals surface area contributed by atoms with Crippen molar-refractivity contribution >= 4 is 17.9 Å². The first-order valence-corrected chi connectivity index (χ1v) is 11.3. The molecule has 5 aliphatic rings. The second kappa shape index (κ2) is 9.31. The molecule has 3 N–H and O–H groups in total. The van der Waals surface area contributed by atoms with Crippen molar-refractivity contribution in [3.8, 4) is 0 Å². The van der Waals surface area contributed by atoms with E-state index < -0.39 is 40.6 Å². The first-order chi connectivity index (χ1) is 13.9. The van der Waals surface area contributed by atoms with Crippen LogP contribution in [0.1, 0.15) is 66.2 Å². The number of carboxylic acid groups (broad SMARTS) is 3. The van der Waals surface area contributed by atoms with Gasteiger partial charge in [0.15, 0.2) is 0 Å². The van der Waals surface area contributed by atoms with Crippen LogP contribution in [0.3, 0.4) is 0 Å². The maximum absolute atomic E-state index is 12.5. The summed E-state index contributed by atoms with van der Waals surface area (Å²) in [6.45, 7) is 8.15. The molecule has 8 heteroatoms. The van der Waals surface area contributed by atoms with E-state index in [0.29, 0.717) is 25.7 Å². The van der Waals surface area contributed by atoms with Crippen LogP contribution in [0.5, 0.6) is 0 Å². The topological polar surface area (TPSA) is 112 Å². The number of carbonyl (C=O) groups is 3. The van der Waals surface area contributed by atoms with Gasteiger partial charge < -0.3 is 15.3 Å². The normalized spacial score (nSPS) is 44.3. The first kappa shape index (κ1) is 28.4. The maximum Gasteiger partial charge on any atom is 1.00 e. The number of fused-ring (bicyclic) bond motifs is 2. The smallest absolute Gasteiger partial charge is 0.481 e. The van der Waals surface area contributed by atoms with Crippen LogP contribution in [-0.4, -0.2) is 33.2 Å². The third-order valence-electron chi connectivity index (χ3n) is 9.72. The predicted octanol–water partition coefficient (Wildman–Crippen LogP) is -1.69. The first-order valence-electron chi connectivity index (χ1n) is 11.3. The van der Waals surface area contributed by atoms with Gasteiger partial charge in [0.05, 0.1) is 17.3 Å². The number of hydrogen-bond acceptors (Lipinski definition) is 3. The van der Waals surface area contributed by atoms with Crippen molar-refractivity contribution in [3.05, 3.63) is 11.6 Å². The summed E-state index contributed by atoms with van der Waals surface area (Å²) >= 11 is 0. The third kappa shape index (κ3) is 3.71. The molecule has 0 aromatic heterocycles. The van der Waals surface area contributed by atoms with E-state index in [4.69, 9.17) is 0 Å². The van der Waals surface area contributed by atoms with Crippen LogP contribution in [0.4, 0.5) is 0 Å². The molecule has 0 radical (unpaired) electrons. The molecular formula is C24H34Na2O6+2. The van der Waals surface area contributed by atoms with Crippen LogP contribution in [0, 0.1) is 51.8 Å². The summed E-state index contributed by atoms with van der Waals surface area (Å²) in [6.07, 6.45) is 6.36. The largest absolute Gasteiger partial charge is 1.00 e. The molecular weight excluding hydrogens is 430 g/mol. The van der Waals surface area contributed by atoms with Gasteiger partial charge in [0.25, 0.3) is 0 Å². The minimum absolute atomic E-state index is 0. The summed E-state index contributed by atoms with van der Waals surface area (Å²) < 4.78 is 0. The Hall–Kier alpha value is 0.150. The molecule has 5 rings (SSSR count). The van der Waals surface area contributed by atoms with Gasteiger partial charge in [-0.1, -0.05) is 38.8 Å². The molecule has 0 aliphatic heterocycles. The van der Waals surface area contributed by atoms with Gasteiger partial charge >= 0.3 is 77.0 Å². The summed E-state index contributed by atoms with van der Waals surface area (Å²) in [5, 5.41) is 30.3. The minimum Gasteiger partial charge on any atom is -0.481 e. The molecule has 0 saturated heterocycles. The molecule has 0 heterocycles. The van der Waals surface area contributed by atoms with E-state index in [1.54, 1.807) is 0 Å². The van der Waals surface area contributed by atoms with Crippen molar-refractivity contribution in [2.45, 2.75) is 66.2 Å². The molecule has 32 heavy (non-hydrogen) atoms. The molecule has 5 aliphatic carbocycles. The minimum atomic E-state index is -1.02. The number of allylic oxidation sites excluding steroid dienone is 2. The Bertz CT molecular complexity index is 840. The van der Waals surface area contributed by atoms with Crippen molar-refractivity contribution in [3.63, 3.8) is 0 Å². The number of aliphatic carboxylic acids is 3. The SMILES string of the molecule is CC(C)C1=C[C@@]23CC[C@@H]4[C@](C)(CCC[C@@]4(C)C(=O)O)[C@H]2C[C@@H]1[C@@H](C(=O)O)[C@H]3C(=O)O.[Na+].[Na+]. The molecule has 0 aromatic rings. The van der Waals surface area contributed by atoms with Gasteiger partial charge in [0.1, 0.15) is 0 Å². The monoisotopic (exact) mass is 464 g/mol. The fourth-order valence-electron chi connectivity index (χ4n) is 8.56. The molecule has 8 atom stereocenters. The Balaban J connectivity index is 0.00000181. The molecule has 3 saturated carbocycles. The van der Waals surface area contributed by atoms with Crippen molar-refractivity contribution < 1.29 is 88.8 Å². The van der Waals surface area contributed by atoms with Gasteiger partial charge in [-0.2, -0.15) is 0 Å². The maximum atomic E-state index is 12.5. The van der Waals surface area contributed by atoms with Gasteiger partial charge in [-0.05, 0) is 68.1 Å². The van der Waals surface area contributed by atoms with E-state index in [0.717, 1.165) is 18.4 Å². The predicted molar refractivity (Wildman–Crippen MR) is 110 cm³/mol. The molecule has 6 nitrogen and oxygen atoms in total. The van der Waals surface area contributed by atoms with Crippen LogP contribution in [0.25, 0.3) is 0 Å². The van der Waals surface area contributed by atoms with E-state index in [1.807, 2.05) is 6.92 Å². The van der Waals surface area contributed by atoms with Gasteiger partial charge in [0, 0.05) is 5.41 Å². The summed E-state index contributed by atoms with van der Waals surface area (Å²) in [7, 11) is 0. The zero-order chi connectivity index (χ0) is 22.2. The quantitative estimate of drug-likeness (QED) is 0.338. The summed E-state index contributed by atoms with van der Waals surface area (Å²) in [5.74, 6) is -4.76. The molecule has 0 aromatic carbocycles.